The Balaban J connectivity index is 2.01. The molecule has 0 fully saturated rings. The molecule has 0 heterocycles. The van der Waals surface area contributed by atoms with Gasteiger partial charge in [0.1, 0.15) is 6.10 Å². The smallest absolute Gasteiger partial charge is 0.376 e. The lowest BCUT2D eigenvalue weighted by molar-refractivity contribution is -0.0994. The minimum Gasteiger partial charge on any atom is -0.384 e. The summed E-state index contributed by atoms with van der Waals surface area (Å²) in [5, 5.41) is 6.58. The molecule has 0 aliphatic rings. The first-order valence-corrected chi connectivity index (χ1v) is 12.3. The predicted octanol–water partition coefficient (Wildman–Crippen LogP) is 5.14. The second kappa shape index (κ2) is 10.5. The third-order valence-electron chi connectivity index (χ3n) is 5.64. The molecule has 33 heavy (non-hydrogen) atoms. The number of hydrogen-bond donors (Lipinski definition) is 1. The third-order valence-corrected chi connectivity index (χ3v) is 7.49. The van der Waals surface area contributed by atoms with Crippen molar-refractivity contribution in [2.75, 3.05) is 0 Å². The van der Waals surface area contributed by atoms with Gasteiger partial charge >= 0.3 is 5.25 Å². The van der Waals surface area contributed by atoms with Crippen molar-refractivity contribution in [1.82, 2.24) is 4.90 Å². The van der Waals surface area contributed by atoms with E-state index in [0.29, 0.717) is 0 Å². The van der Waals surface area contributed by atoms with Crippen LogP contribution in [0.1, 0.15) is 25.0 Å². The van der Waals surface area contributed by atoms with Gasteiger partial charge in [-0.2, -0.15) is 8.78 Å². The zero-order valence-electron chi connectivity index (χ0n) is 18.7. The van der Waals surface area contributed by atoms with Gasteiger partial charge in [-0.05, 0) is 29.2 Å². The number of hydrogen-bond acceptors (Lipinski definition) is 4. The van der Waals surface area contributed by atoms with E-state index in [9.17, 15) is 13.5 Å². The molecular weight excluding hydrogens is 444 g/mol. The maximum atomic E-state index is 15.5. The number of nitrogens with zero attached hydrogens (tertiary/aromatic N) is 1. The Morgan fingerprint density at radius 3 is 1.58 bits per heavy atom. The number of sulfone groups is 1. The molecular formula is C26H29F2NO3S. The third kappa shape index (κ3) is 5.66. The fraction of sp³-hybridized carbons (Fsp3) is 0.308. The van der Waals surface area contributed by atoms with Gasteiger partial charge in [0, 0.05) is 19.1 Å². The van der Waals surface area contributed by atoms with Crippen molar-refractivity contribution in [1.29, 1.82) is 0 Å². The van der Waals surface area contributed by atoms with Crippen molar-refractivity contribution in [2.24, 2.45) is 5.92 Å². The van der Waals surface area contributed by atoms with Gasteiger partial charge in [0.15, 0.2) is 0 Å². The summed E-state index contributed by atoms with van der Waals surface area (Å²) in [6, 6.07) is 24.1. The lowest BCUT2D eigenvalue weighted by Crippen LogP contribution is -2.56. The van der Waals surface area contributed by atoms with Crippen LogP contribution in [0.2, 0.25) is 0 Å². The van der Waals surface area contributed by atoms with Crippen LogP contribution in [0, 0.1) is 5.92 Å². The maximum Gasteiger partial charge on any atom is 0.376 e. The van der Waals surface area contributed by atoms with Crippen molar-refractivity contribution in [3.05, 3.63) is 102 Å². The summed E-state index contributed by atoms with van der Waals surface area (Å²) in [4.78, 5) is 1.21. The molecule has 3 aromatic carbocycles. The molecule has 3 aromatic rings. The Morgan fingerprint density at radius 1 is 0.788 bits per heavy atom. The first-order valence-electron chi connectivity index (χ1n) is 10.8. The van der Waals surface area contributed by atoms with Crippen LogP contribution < -0.4 is 0 Å². The zero-order valence-corrected chi connectivity index (χ0v) is 19.5. The lowest BCUT2D eigenvalue weighted by atomic mass is 9.95. The minimum atomic E-state index is -5.11. The first-order chi connectivity index (χ1) is 15.6. The van der Waals surface area contributed by atoms with Gasteiger partial charge in [-0.15, -0.1) is 0 Å². The molecule has 4 nitrogen and oxygen atoms in total. The molecule has 0 radical (unpaired) electrons. The zero-order chi connectivity index (χ0) is 24.1. The lowest BCUT2D eigenvalue weighted by Gasteiger charge is -2.40. The molecule has 0 aromatic heterocycles. The van der Waals surface area contributed by atoms with Crippen molar-refractivity contribution in [3.8, 4) is 0 Å². The van der Waals surface area contributed by atoms with Gasteiger partial charge in [-0.25, -0.2) is 8.42 Å². The summed E-state index contributed by atoms with van der Waals surface area (Å²) in [6.45, 7) is 3.97. The van der Waals surface area contributed by atoms with Crippen molar-refractivity contribution in [2.45, 2.75) is 49.2 Å². The van der Waals surface area contributed by atoms with E-state index in [4.69, 9.17) is 0 Å². The van der Waals surface area contributed by atoms with Crippen LogP contribution in [0.25, 0.3) is 0 Å². The van der Waals surface area contributed by atoms with Crippen LogP contribution in [-0.4, -0.2) is 35.8 Å². The molecule has 0 bridgehead atoms. The van der Waals surface area contributed by atoms with E-state index < -0.39 is 38.1 Å². The van der Waals surface area contributed by atoms with Crippen molar-refractivity contribution in [3.63, 3.8) is 0 Å². The molecule has 2 atom stereocenters. The molecule has 0 amide bonds. The average Bonchev–Trinajstić information content (AvgIpc) is 2.80. The highest BCUT2D eigenvalue weighted by molar-refractivity contribution is 7.92. The van der Waals surface area contributed by atoms with Gasteiger partial charge in [0.25, 0.3) is 0 Å². The van der Waals surface area contributed by atoms with Crippen LogP contribution in [0.4, 0.5) is 8.78 Å². The van der Waals surface area contributed by atoms with Crippen molar-refractivity contribution >= 4 is 9.84 Å². The summed E-state index contributed by atoms with van der Waals surface area (Å²) in [6.07, 6.45) is -2.44. The molecule has 7 heteroatoms. The van der Waals surface area contributed by atoms with Gasteiger partial charge in [0.05, 0.1) is 4.90 Å². The fourth-order valence-electron chi connectivity index (χ4n) is 4.00. The molecule has 3 rings (SSSR count). The fourth-order valence-corrected chi connectivity index (χ4v) is 5.29. The SMILES string of the molecule is CC(C)[C@@H]([C@H](O)C(F)(F)S(=O)(=O)c1ccccc1)N(Cc1ccccc1)Cc1ccccc1. The van der Waals surface area contributed by atoms with Crippen molar-refractivity contribution < 1.29 is 22.3 Å². The topological polar surface area (TPSA) is 57.6 Å². The minimum absolute atomic E-state index is 0.275. The summed E-state index contributed by atoms with van der Waals surface area (Å²) in [5.74, 6) is -0.454. The Labute approximate surface area is 194 Å². The second-order valence-electron chi connectivity index (χ2n) is 8.43. The van der Waals surface area contributed by atoms with Gasteiger partial charge in [-0.3, -0.25) is 4.90 Å². The summed E-state index contributed by atoms with van der Waals surface area (Å²) in [7, 11) is -5.11. The summed E-state index contributed by atoms with van der Waals surface area (Å²) >= 11 is 0. The highest BCUT2D eigenvalue weighted by atomic mass is 32.2. The maximum absolute atomic E-state index is 15.5. The van der Waals surface area contributed by atoms with E-state index in [1.54, 1.807) is 24.8 Å². The van der Waals surface area contributed by atoms with E-state index >= 15 is 8.78 Å². The molecule has 0 aliphatic carbocycles. The van der Waals surface area contributed by atoms with Crippen LogP contribution in [0.15, 0.2) is 95.9 Å². The highest BCUT2D eigenvalue weighted by Crippen LogP contribution is 2.37. The average molecular weight is 474 g/mol. The number of benzene rings is 3. The molecule has 176 valence electrons. The molecule has 0 saturated carbocycles. The van der Waals surface area contributed by atoms with E-state index in [1.165, 1.54) is 12.1 Å². The largest absolute Gasteiger partial charge is 0.384 e. The quantitative estimate of drug-likeness (QED) is 0.443. The second-order valence-corrected chi connectivity index (χ2v) is 10.5. The molecule has 0 saturated heterocycles. The van der Waals surface area contributed by atoms with Crippen LogP contribution >= 0.6 is 0 Å². The van der Waals surface area contributed by atoms with Crippen LogP contribution in [-0.2, 0) is 22.9 Å². The molecule has 0 spiro atoms. The predicted molar refractivity (Wildman–Crippen MR) is 125 cm³/mol. The van der Waals surface area contributed by atoms with Gasteiger partial charge in [-0.1, -0.05) is 92.7 Å². The van der Waals surface area contributed by atoms with E-state index in [-0.39, 0.29) is 13.1 Å². The Bertz CT molecular complexity index is 1070. The first kappa shape index (κ1) is 25.0. The Kier molecular flexibility index (Phi) is 8.00. The summed E-state index contributed by atoms with van der Waals surface area (Å²) < 4.78 is 56.6. The van der Waals surface area contributed by atoms with E-state index in [1.807, 2.05) is 60.7 Å². The monoisotopic (exact) mass is 473 g/mol. The van der Waals surface area contributed by atoms with E-state index in [0.717, 1.165) is 23.3 Å². The number of rotatable bonds is 10. The standard InChI is InChI=1S/C26H29F2NO3S/c1-20(2)24(25(30)26(27,28)33(31,32)23-16-10-5-11-17-23)29(18-21-12-6-3-7-13-21)19-22-14-8-4-9-15-22/h3-17,20,24-25,30H,18-19H2,1-2H3/t24-,25-/m0/s1. The van der Waals surface area contributed by atoms with E-state index in [2.05, 4.69) is 0 Å². The Hall–Kier alpha value is -2.61. The van der Waals surface area contributed by atoms with Crippen LogP contribution in [0.5, 0.6) is 0 Å². The van der Waals surface area contributed by atoms with Gasteiger partial charge in [0.2, 0.25) is 9.84 Å². The number of alkyl halides is 2. The van der Waals surface area contributed by atoms with Gasteiger partial charge < -0.3 is 5.11 Å². The molecule has 0 aliphatic heterocycles. The van der Waals surface area contributed by atoms with Crippen LogP contribution in [0.3, 0.4) is 0 Å². The molecule has 1 N–H and O–H groups in total. The summed E-state index contributed by atoms with van der Waals surface area (Å²) in [5.41, 5.74) is 1.75. The Morgan fingerprint density at radius 2 is 1.18 bits per heavy atom. The molecule has 0 unspecified atom stereocenters. The number of halogens is 2. The normalized spacial score (nSPS) is 14.4. The number of aliphatic hydroxyl groups is 1. The number of aliphatic hydroxyl groups excluding tert-OH is 1. The highest BCUT2D eigenvalue weighted by Gasteiger charge is 2.56.